The summed E-state index contributed by atoms with van der Waals surface area (Å²) in [6.07, 6.45) is 0. The monoisotopic (exact) mass is 346 g/mol. The lowest BCUT2D eigenvalue weighted by Crippen LogP contribution is -2.24. The van der Waals surface area contributed by atoms with Crippen LogP contribution in [0.25, 0.3) is 11.0 Å². The molecule has 1 N–H and O–H groups in total. The summed E-state index contributed by atoms with van der Waals surface area (Å²) in [5, 5.41) is 7.42. The van der Waals surface area contributed by atoms with E-state index in [0.29, 0.717) is 16.6 Å². The largest absolute Gasteiger partial charge is 0.378 e. The average Bonchev–Trinajstić information content (AvgIpc) is 3.00. The highest BCUT2D eigenvalue weighted by Gasteiger charge is 2.13. The van der Waals surface area contributed by atoms with Crippen LogP contribution in [-0.4, -0.2) is 32.8 Å². The highest BCUT2D eigenvalue weighted by Crippen LogP contribution is 2.15. The number of hydrogen-bond acceptors (Lipinski definition) is 6. The van der Waals surface area contributed by atoms with Gasteiger partial charge in [0.15, 0.2) is 0 Å². The summed E-state index contributed by atoms with van der Waals surface area (Å²) in [6.45, 7) is 0.248. The van der Waals surface area contributed by atoms with E-state index in [4.69, 9.17) is 0 Å². The molecule has 24 heavy (non-hydrogen) atoms. The molecular weight excluding hydrogens is 328 g/mol. The molecule has 0 radical (unpaired) electrons. The standard InChI is InChI=1S/C16H18N4O3S/c1-20(2)14-5-3-4-12(8-14)10-17-24(21,22)11-13-6-7-15-16(9-13)19-23-18-15/h3-9,17H,10-11H2,1-2H3. The third-order valence-electron chi connectivity index (χ3n) is 3.60. The predicted octanol–water partition coefficient (Wildman–Crippen LogP) is 1.91. The second-order valence-electron chi connectivity index (χ2n) is 5.73. The van der Waals surface area contributed by atoms with E-state index >= 15 is 0 Å². The van der Waals surface area contributed by atoms with E-state index in [1.54, 1.807) is 18.2 Å². The van der Waals surface area contributed by atoms with E-state index in [-0.39, 0.29) is 12.3 Å². The molecule has 0 amide bonds. The third kappa shape index (κ3) is 3.90. The summed E-state index contributed by atoms with van der Waals surface area (Å²) in [7, 11) is 0.425. The van der Waals surface area contributed by atoms with E-state index in [1.807, 2.05) is 43.3 Å². The predicted molar refractivity (Wildman–Crippen MR) is 92.0 cm³/mol. The van der Waals surface area contributed by atoms with Crippen molar-refractivity contribution in [2.45, 2.75) is 12.3 Å². The summed E-state index contributed by atoms with van der Waals surface area (Å²) >= 11 is 0. The molecule has 126 valence electrons. The van der Waals surface area contributed by atoms with Gasteiger partial charge in [0, 0.05) is 26.3 Å². The zero-order valence-electron chi connectivity index (χ0n) is 13.4. The van der Waals surface area contributed by atoms with Crippen molar-refractivity contribution in [3.63, 3.8) is 0 Å². The van der Waals surface area contributed by atoms with Crippen LogP contribution >= 0.6 is 0 Å². The second kappa shape index (κ2) is 6.58. The zero-order valence-corrected chi connectivity index (χ0v) is 14.2. The molecule has 0 fully saturated rings. The fourth-order valence-corrected chi connectivity index (χ4v) is 3.43. The summed E-state index contributed by atoms with van der Waals surface area (Å²) in [6, 6.07) is 12.8. The Morgan fingerprint density at radius 1 is 1.04 bits per heavy atom. The molecule has 0 saturated carbocycles. The topological polar surface area (TPSA) is 88.3 Å². The van der Waals surface area contributed by atoms with Crippen LogP contribution in [0.5, 0.6) is 0 Å². The molecule has 0 saturated heterocycles. The highest BCUT2D eigenvalue weighted by molar-refractivity contribution is 7.88. The Morgan fingerprint density at radius 3 is 2.62 bits per heavy atom. The number of nitrogens with one attached hydrogen (secondary N) is 1. The maximum Gasteiger partial charge on any atom is 0.216 e. The summed E-state index contributed by atoms with van der Waals surface area (Å²) in [5.41, 5.74) is 3.70. The number of rotatable bonds is 6. The van der Waals surface area contributed by atoms with Crippen LogP contribution < -0.4 is 9.62 Å². The minimum atomic E-state index is -3.46. The van der Waals surface area contributed by atoms with Crippen LogP contribution in [0.2, 0.25) is 0 Å². The van der Waals surface area contributed by atoms with Gasteiger partial charge in [-0.15, -0.1) is 0 Å². The second-order valence-corrected chi connectivity index (χ2v) is 7.54. The van der Waals surface area contributed by atoms with Crippen LogP contribution in [0, 0.1) is 0 Å². The minimum absolute atomic E-state index is 0.122. The summed E-state index contributed by atoms with van der Waals surface area (Å²) in [5.74, 6) is -0.122. The van der Waals surface area contributed by atoms with Crippen molar-refractivity contribution >= 4 is 26.7 Å². The molecule has 1 aromatic heterocycles. The fourth-order valence-electron chi connectivity index (χ4n) is 2.33. The maximum absolute atomic E-state index is 12.3. The van der Waals surface area contributed by atoms with Gasteiger partial charge in [-0.25, -0.2) is 17.8 Å². The molecule has 3 rings (SSSR count). The molecule has 0 atom stereocenters. The molecule has 7 nitrogen and oxygen atoms in total. The number of nitrogens with zero attached hydrogens (tertiary/aromatic N) is 3. The van der Waals surface area contributed by atoms with Crippen LogP contribution in [0.4, 0.5) is 5.69 Å². The van der Waals surface area contributed by atoms with Crippen molar-refractivity contribution in [3.05, 3.63) is 53.6 Å². The first kappa shape index (κ1) is 16.4. The summed E-state index contributed by atoms with van der Waals surface area (Å²) in [4.78, 5) is 1.97. The van der Waals surface area contributed by atoms with E-state index in [9.17, 15) is 8.42 Å². The first-order valence-corrected chi connectivity index (χ1v) is 9.03. The molecule has 2 aromatic carbocycles. The van der Waals surface area contributed by atoms with Crippen LogP contribution in [0.15, 0.2) is 47.1 Å². The average molecular weight is 346 g/mol. The lowest BCUT2D eigenvalue weighted by atomic mass is 10.2. The molecule has 0 bridgehead atoms. The van der Waals surface area contributed by atoms with Crippen molar-refractivity contribution in [2.75, 3.05) is 19.0 Å². The lowest BCUT2D eigenvalue weighted by Gasteiger charge is -2.14. The molecular formula is C16H18N4O3S. The first-order chi connectivity index (χ1) is 11.4. The number of benzene rings is 2. The molecule has 3 aromatic rings. The van der Waals surface area contributed by atoms with Gasteiger partial charge >= 0.3 is 0 Å². The third-order valence-corrected chi connectivity index (χ3v) is 4.90. The molecule has 0 aliphatic heterocycles. The van der Waals surface area contributed by atoms with E-state index in [1.165, 1.54) is 0 Å². The lowest BCUT2D eigenvalue weighted by molar-refractivity contribution is 0.315. The normalized spacial score (nSPS) is 11.8. The molecule has 0 spiro atoms. The number of hydrogen-bond donors (Lipinski definition) is 1. The van der Waals surface area contributed by atoms with Crippen molar-refractivity contribution in [3.8, 4) is 0 Å². The van der Waals surface area contributed by atoms with Gasteiger partial charge < -0.3 is 4.90 Å². The minimum Gasteiger partial charge on any atom is -0.378 e. The highest BCUT2D eigenvalue weighted by atomic mass is 32.2. The zero-order chi connectivity index (χ0) is 17.2. The Hall–Kier alpha value is -2.45. The number of anilines is 1. The maximum atomic E-state index is 12.3. The van der Waals surface area contributed by atoms with Crippen LogP contribution in [-0.2, 0) is 22.3 Å². The smallest absolute Gasteiger partial charge is 0.216 e. The van der Waals surface area contributed by atoms with Crippen molar-refractivity contribution in [2.24, 2.45) is 0 Å². The van der Waals surface area contributed by atoms with E-state index in [2.05, 4.69) is 19.7 Å². The molecule has 0 unspecified atom stereocenters. The fraction of sp³-hybridized carbons (Fsp3) is 0.250. The molecule has 8 heteroatoms. The number of sulfonamides is 1. The van der Waals surface area contributed by atoms with E-state index in [0.717, 1.165) is 11.3 Å². The van der Waals surface area contributed by atoms with Crippen molar-refractivity contribution in [1.29, 1.82) is 0 Å². The molecule has 0 aliphatic rings. The Morgan fingerprint density at radius 2 is 1.83 bits per heavy atom. The van der Waals surface area contributed by atoms with Crippen molar-refractivity contribution in [1.82, 2.24) is 15.0 Å². The Labute approximate surface area is 140 Å². The molecule has 1 heterocycles. The SMILES string of the molecule is CN(C)c1cccc(CNS(=O)(=O)Cc2ccc3nonc3c2)c1. The van der Waals surface area contributed by atoms with Crippen molar-refractivity contribution < 1.29 is 13.0 Å². The Balaban J connectivity index is 1.68. The Bertz CT molecular complexity index is 951. The first-order valence-electron chi connectivity index (χ1n) is 7.38. The number of aromatic nitrogens is 2. The van der Waals surface area contributed by atoms with Gasteiger partial charge in [0.25, 0.3) is 0 Å². The van der Waals surface area contributed by atoms with Gasteiger partial charge in [-0.05, 0) is 45.7 Å². The van der Waals surface area contributed by atoms with Crippen LogP contribution in [0.3, 0.4) is 0 Å². The number of fused-ring (bicyclic) bond motifs is 1. The molecule has 0 aliphatic carbocycles. The quantitative estimate of drug-likeness (QED) is 0.733. The van der Waals surface area contributed by atoms with Gasteiger partial charge in [-0.3, -0.25) is 0 Å². The van der Waals surface area contributed by atoms with Gasteiger partial charge in [0.05, 0.1) is 5.75 Å². The van der Waals surface area contributed by atoms with Gasteiger partial charge in [0.1, 0.15) is 11.0 Å². The van der Waals surface area contributed by atoms with Crippen LogP contribution in [0.1, 0.15) is 11.1 Å². The van der Waals surface area contributed by atoms with Gasteiger partial charge in [0.2, 0.25) is 10.0 Å². The summed E-state index contributed by atoms with van der Waals surface area (Å²) < 4.78 is 31.8. The van der Waals surface area contributed by atoms with E-state index < -0.39 is 10.0 Å². The van der Waals surface area contributed by atoms with Gasteiger partial charge in [-0.1, -0.05) is 18.2 Å². The van der Waals surface area contributed by atoms with Gasteiger partial charge in [-0.2, -0.15) is 0 Å². The Kier molecular flexibility index (Phi) is 4.50.